The first-order valence-electron chi connectivity index (χ1n) is 12.6. The molecule has 0 bridgehead atoms. The fourth-order valence-electron chi connectivity index (χ4n) is 5.31. The molecule has 2 aromatic carbocycles. The molecule has 0 aliphatic carbocycles. The lowest BCUT2D eigenvalue weighted by Gasteiger charge is -2.40. The SMILES string of the molecule is CN(CCN(C(=O)C1CCNCC1)c1cccc(OC(F)(F)F)c1)[C@]1(Cc2ccccc2)CCNC1. The largest absolute Gasteiger partial charge is 0.573 e. The van der Waals surface area contributed by atoms with E-state index >= 15 is 0 Å². The Hall–Kier alpha value is -2.62. The third-order valence-corrected chi connectivity index (χ3v) is 7.38. The zero-order chi connectivity index (χ0) is 25.6. The van der Waals surface area contributed by atoms with Gasteiger partial charge in [-0.3, -0.25) is 9.69 Å². The highest BCUT2D eigenvalue weighted by molar-refractivity contribution is 5.95. The van der Waals surface area contributed by atoms with Gasteiger partial charge in [0.2, 0.25) is 5.91 Å². The maximum Gasteiger partial charge on any atom is 0.573 e. The Morgan fingerprint density at radius 1 is 1.03 bits per heavy atom. The number of likely N-dealkylation sites (N-methyl/N-ethyl adjacent to an activating group) is 1. The van der Waals surface area contributed by atoms with Crippen molar-refractivity contribution in [1.82, 2.24) is 15.5 Å². The lowest BCUT2D eigenvalue weighted by atomic mass is 9.88. The standard InChI is InChI=1S/C27H35F3N4O2/c1-33(26(12-15-32-20-26)19-21-6-3-2-4-7-21)16-17-34(25(35)22-10-13-31-14-11-22)23-8-5-9-24(18-23)36-27(28,29)30/h2-9,18,22,31-32H,10-17,19-20H2,1H3/t26-/m0/s1. The molecule has 0 aromatic heterocycles. The Kier molecular flexibility index (Phi) is 8.54. The minimum absolute atomic E-state index is 0.0456. The van der Waals surface area contributed by atoms with E-state index in [0.29, 0.717) is 31.6 Å². The Labute approximate surface area is 210 Å². The Balaban J connectivity index is 1.54. The number of hydrogen-bond acceptors (Lipinski definition) is 5. The lowest BCUT2D eigenvalue weighted by Crippen LogP contribution is -2.53. The summed E-state index contributed by atoms with van der Waals surface area (Å²) in [4.78, 5) is 17.6. The van der Waals surface area contributed by atoms with Crippen molar-refractivity contribution in [3.05, 3.63) is 60.2 Å². The fourth-order valence-corrected chi connectivity index (χ4v) is 5.31. The number of nitrogens with zero attached hydrogens (tertiary/aromatic N) is 2. The molecule has 2 saturated heterocycles. The van der Waals surface area contributed by atoms with Crippen LogP contribution in [0.2, 0.25) is 0 Å². The average Bonchev–Trinajstić information content (AvgIpc) is 3.34. The number of carbonyl (C=O) groups excluding carboxylic acids is 1. The van der Waals surface area contributed by atoms with Crippen LogP contribution < -0.4 is 20.3 Å². The second kappa shape index (κ2) is 11.6. The van der Waals surface area contributed by atoms with Crippen molar-refractivity contribution in [2.24, 2.45) is 5.92 Å². The number of amides is 1. The van der Waals surface area contributed by atoms with Gasteiger partial charge >= 0.3 is 6.36 Å². The number of piperidine rings is 1. The van der Waals surface area contributed by atoms with Gasteiger partial charge in [-0.1, -0.05) is 36.4 Å². The zero-order valence-corrected chi connectivity index (χ0v) is 20.7. The van der Waals surface area contributed by atoms with Crippen molar-refractivity contribution in [2.45, 2.75) is 37.6 Å². The monoisotopic (exact) mass is 504 g/mol. The first-order chi connectivity index (χ1) is 17.3. The number of rotatable bonds is 9. The van der Waals surface area contributed by atoms with E-state index in [-0.39, 0.29) is 23.1 Å². The quantitative estimate of drug-likeness (QED) is 0.544. The van der Waals surface area contributed by atoms with Crippen LogP contribution >= 0.6 is 0 Å². The third-order valence-electron chi connectivity index (χ3n) is 7.38. The molecule has 0 saturated carbocycles. The Morgan fingerprint density at radius 2 is 1.78 bits per heavy atom. The van der Waals surface area contributed by atoms with Crippen LogP contribution in [0.15, 0.2) is 54.6 Å². The fraction of sp³-hybridized carbons (Fsp3) is 0.519. The summed E-state index contributed by atoms with van der Waals surface area (Å²) in [5, 5.41) is 6.75. The highest BCUT2D eigenvalue weighted by Crippen LogP contribution is 2.30. The molecule has 2 aliphatic heterocycles. The molecule has 2 heterocycles. The number of ether oxygens (including phenoxy) is 1. The van der Waals surface area contributed by atoms with Crippen LogP contribution in [0.5, 0.6) is 5.75 Å². The van der Waals surface area contributed by atoms with Gasteiger partial charge in [-0.25, -0.2) is 0 Å². The van der Waals surface area contributed by atoms with Gasteiger partial charge in [-0.2, -0.15) is 0 Å². The highest BCUT2D eigenvalue weighted by atomic mass is 19.4. The Morgan fingerprint density at radius 3 is 2.44 bits per heavy atom. The lowest BCUT2D eigenvalue weighted by molar-refractivity contribution is -0.274. The summed E-state index contributed by atoms with van der Waals surface area (Å²) in [5.74, 6) is -0.525. The maximum absolute atomic E-state index is 13.6. The molecule has 1 atom stereocenters. The molecule has 36 heavy (non-hydrogen) atoms. The van der Waals surface area contributed by atoms with E-state index in [2.05, 4.69) is 39.5 Å². The van der Waals surface area contributed by atoms with Crippen molar-refractivity contribution in [1.29, 1.82) is 0 Å². The first kappa shape index (κ1) is 26.4. The second-order valence-corrected chi connectivity index (χ2v) is 9.79. The number of halogens is 3. The molecule has 2 fully saturated rings. The molecule has 1 amide bonds. The van der Waals surface area contributed by atoms with Gasteiger partial charge in [-0.05, 0) is 70.1 Å². The van der Waals surface area contributed by atoms with E-state index in [1.54, 1.807) is 11.0 Å². The molecule has 0 unspecified atom stereocenters. The number of benzene rings is 2. The molecule has 2 aliphatic rings. The summed E-state index contributed by atoms with van der Waals surface area (Å²) in [6.07, 6.45) is -1.50. The van der Waals surface area contributed by atoms with Gasteiger partial charge < -0.3 is 20.3 Å². The average molecular weight is 505 g/mol. The minimum atomic E-state index is -4.79. The molecule has 0 radical (unpaired) electrons. The van der Waals surface area contributed by atoms with Crippen LogP contribution in [0.25, 0.3) is 0 Å². The van der Waals surface area contributed by atoms with Gasteiger partial charge in [0.1, 0.15) is 5.75 Å². The summed E-state index contributed by atoms with van der Waals surface area (Å²) in [6.45, 7) is 4.25. The molecular weight excluding hydrogens is 469 g/mol. The third kappa shape index (κ3) is 6.78. The number of anilines is 1. The summed E-state index contributed by atoms with van der Waals surface area (Å²) >= 11 is 0. The van der Waals surface area contributed by atoms with Gasteiger partial charge in [0.15, 0.2) is 0 Å². The minimum Gasteiger partial charge on any atom is -0.406 e. The van der Waals surface area contributed by atoms with Gasteiger partial charge in [0.05, 0.1) is 0 Å². The van der Waals surface area contributed by atoms with Gasteiger partial charge in [-0.15, -0.1) is 13.2 Å². The van der Waals surface area contributed by atoms with Crippen LogP contribution in [-0.4, -0.2) is 69.0 Å². The number of alkyl halides is 3. The maximum atomic E-state index is 13.6. The molecule has 2 N–H and O–H groups in total. The van der Waals surface area contributed by atoms with Crippen molar-refractivity contribution >= 4 is 11.6 Å². The second-order valence-electron chi connectivity index (χ2n) is 9.79. The van der Waals surface area contributed by atoms with Crippen molar-refractivity contribution < 1.29 is 22.7 Å². The molecular formula is C27H35F3N4O2. The number of carbonyl (C=O) groups is 1. The van der Waals surface area contributed by atoms with E-state index in [4.69, 9.17) is 0 Å². The van der Waals surface area contributed by atoms with Gasteiger partial charge in [0, 0.05) is 42.8 Å². The van der Waals surface area contributed by atoms with E-state index in [9.17, 15) is 18.0 Å². The van der Waals surface area contributed by atoms with Crippen molar-refractivity contribution in [3.8, 4) is 5.75 Å². The highest BCUT2D eigenvalue weighted by Gasteiger charge is 2.38. The van der Waals surface area contributed by atoms with Crippen LogP contribution in [0, 0.1) is 5.92 Å². The zero-order valence-electron chi connectivity index (χ0n) is 20.7. The van der Waals surface area contributed by atoms with Crippen LogP contribution in [0.3, 0.4) is 0 Å². The van der Waals surface area contributed by atoms with Gasteiger partial charge in [0.25, 0.3) is 0 Å². The van der Waals surface area contributed by atoms with Crippen molar-refractivity contribution in [3.63, 3.8) is 0 Å². The Bertz CT molecular complexity index is 990. The molecule has 2 aromatic rings. The number of nitrogens with one attached hydrogen (secondary N) is 2. The van der Waals surface area contributed by atoms with Crippen LogP contribution in [-0.2, 0) is 11.2 Å². The molecule has 4 rings (SSSR count). The topological polar surface area (TPSA) is 56.8 Å². The first-order valence-corrected chi connectivity index (χ1v) is 12.6. The molecule has 6 nitrogen and oxygen atoms in total. The van der Waals surface area contributed by atoms with E-state index < -0.39 is 6.36 Å². The molecule has 196 valence electrons. The molecule has 0 spiro atoms. The number of hydrogen-bond donors (Lipinski definition) is 2. The normalized spacial score (nSPS) is 21.0. The van der Waals surface area contributed by atoms with Crippen LogP contribution in [0.4, 0.5) is 18.9 Å². The molecule has 9 heteroatoms. The van der Waals surface area contributed by atoms with E-state index in [1.165, 1.54) is 23.8 Å². The predicted octanol–water partition coefficient (Wildman–Crippen LogP) is 3.82. The smallest absolute Gasteiger partial charge is 0.406 e. The van der Waals surface area contributed by atoms with E-state index in [1.807, 2.05) is 18.2 Å². The van der Waals surface area contributed by atoms with Crippen LogP contribution in [0.1, 0.15) is 24.8 Å². The summed E-state index contributed by atoms with van der Waals surface area (Å²) in [5.41, 5.74) is 1.59. The summed E-state index contributed by atoms with van der Waals surface area (Å²) < 4.78 is 42.7. The van der Waals surface area contributed by atoms with E-state index in [0.717, 1.165) is 39.0 Å². The summed E-state index contributed by atoms with van der Waals surface area (Å²) in [6, 6.07) is 16.1. The predicted molar refractivity (Wildman–Crippen MR) is 134 cm³/mol. The summed E-state index contributed by atoms with van der Waals surface area (Å²) in [7, 11) is 2.08. The van der Waals surface area contributed by atoms with Crippen molar-refractivity contribution in [2.75, 3.05) is 51.2 Å².